The highest BCUT2D eigenvalue weighted by Crippen LogP contribution is 2.18. The predicted octanol–water partition coefficient (Wildman–Crippen LogP) is 12.5. The average Bonchev–Trinajstić information content (AvgIpc) is 2.99. The first-order chi connectivity index (χ1) is 20.7. The second kappa shape index (κ2) is 34.8. The molecule has 3 nitrogen and oxygen atoms in total. The van der Waals surface area contributed by atoms with Crippen molar-refractivity contribution in [2.45, 2.75) is 220 Å². The number of carbonyl (C=O) groups is 2. The van der Waals surface area contributed by atoms with Crippen LogP contribution in [0.15, 0.2) is 0 Å². The second-order valence-electron chi connectivity index (χ2n) is 13.4. The molecular formula is C39H77NO2. The SMILES string of the molecule is CCCCCCCCCCCCCCCC(=O)C(CCNCCCC)C(=O)CCCCCCCCCCCCCCC. The summed E-state index contributed by atoms with van der Waals surface area (Å²) in [6.07, 6.45) is 38.4. The summed E-state index contributed by atoms with van der Waals surface area (Å²) in [6, 6.07) is 0. The smallest absolute Gasteiger partial charge is 0.143 e. The van der Waals surface area contributed by atoms with Gasteiger partial charge in [-0.05, 0) is 38.8 Å². The molecule has 0 atom stereocenters. The molecule has 0 amide bonds. The highest BCUT2D eigenvalue weighted by atomic mass is 16.1. The summed E-state index contributed by atoms with van der Waals surface area (Å²) < 4.78 is 0. The molecule has 0 spiro atoms. The number of unbranched alkanes of at least 4 members (excludes halogenated alkanes) is 25. The van der Waals surface area contributed by atoms with Crippen molar-refractivity contribution in [3.63, 3.8) is 0 Å². The lowest BCUT2D eigenvalue weighted by atomic mass is 9.89. The van der Waals surface area contributed by atoms with E-state index in [-0.39, 0.29) is 17.5 Å². The van der Waals surface area contributed by atoms with E-state index in [4.69, 9.17) is 0 Å². The molecule has 42 heavy (non-hydrogen) atoms. The molecule has 1 N–H and O–H groups in total. The lowest BCUT2D eigenvalue weighted by Crippen LogP contribution is -2.29. The Hall–Kier alpha value is -0.700. The molecular weight excluding hydrogens is 514 g/mol. The Bertz CT molecular complexity index is 519. The topological polar surface area (TPSA) is 46.2 Å². The Morgan fingerprint density at radius 3 is 0.976 bits per heavy atom. The maximum atomic E-state index is 13.1. The van der Waals surface area contributed by atoms with Gasteiger partial charge in [-0.15, -0.1) is 0 Å². The molecule has 0 unspecified atom stereocenters. The van der Waals surface area contributed by atoms with Gasteiger partial charge in [-0.25, -0.2) is 0 Å². The summed E-state index contributed by atoms with van der Waals surface area (Å²) >= 11 is 0. The van der Waals surface area contributed by atoms with Gasteiger partial charge < -0.3 is 5.32 Å². The molecule has 0 aliphatic heterocycles. The number of ketones is 2. The zero-order valence-corrected chi connectivity index (χ0v) is 29.2. The standard InChI is InChI=1S/C39H77NO2/c1-4-7-10-12-14-16-18-20-22-24-26-28-30-32-38(41)37(34-36-40-35-9-6-3)39(42)33-31-29-27-25-23-21-19-17-15-13-11-8-5-2/h37,40H,4-36H2,1-3H3. The molecule has 0 saturated carbocycles. The third-order valence-electron chi connectivity index (χ3n) is 9.15. The quantitative estimate of drug-likeness (QED) is 0.0582. The third-order valence-corrected chi connectivity index (χ3v) is 9.15. The van der Waals surface area contributed by atoms with E-state index in [0.29, 0.717) is 19.3 Å². The Morgan fingerprint density at radius 1 is 0.381 bits per heavy atom. The van der Waals surface area contributed by atoms with Gasteiger partial charge in [0.1, 0.15) is 11.6 Å². The van der Waals surface area contributed by atoms with Crippen LogP contribution < -0.4 is 5.32 Å². The van der Waals surface area contributed by atoms with Crippen LogP contribution >= 0.6 is 0 Å². The van der Waals surface area contributed by atoms with E-state index in [2.05, 4.69) is 26.1 Å². The van der Waals surface area contributed by atoms with Crippen LogP contribution in [0.2, 0.25) is 0 Å². The Morgan fingerprint density at radius 2 is 0.667 bits per heavy atom. The number of hydrogen-bond acceptors (Lipinski definition) is 3. The highest BCUT2D eigenvalue weighted by molar-refractivity contribution is 6.02. The molecule has 0 aliphatic rings. The van der Waals surface area contributed by atoms with Gasteiger partial charge in [0.05, 0.1) is 5.92 Å². The summed E-state index contributed by atoms with van der Waals surface area (Å²) in [5.41, 5.74) is 0. The summed E-state index contributed by atoms with van der Waals surface area (Å²) in [5.74, 6) is 0.0684. The van der Waals surface area contributed by atoms with Gasteiger partial charge in [-0.3, -0.25) is 9.59 Å². The average molecular weight is 592 g/mol. The van der Waals surface area contributed by atoms with Crippen LogP contribution in [0.5, 0.6) is 0 Å². The van der Waals surface area contributed by atoms with E-state index in [1.165, 1.54) is 148 Å². The lowest BCUT2D eigenvalue weighted by Gasteiger charge is -2.15. The molecule has 0 saturated heterocycles. The minimum absolute atomic E-state index is 0.218. The molecule has 0 aliphatic carbocycles. The first kappa shape index (κ1) is 41.3. The van der Waals surface area contributed by atoms with Crippen LogP contribution in [0.4, 0.5) is 0 Å². The number of nitrogens with one attached hydrogen (secondary N) is 1. The van der Waals surface area contributed by atoms with Crippen LogP contribution in [-0.2, 0) is 9.59 Å². The third kappa shape index (κ3) is 29.4. The molecule has 0 aromatic heterocycles. The minimum Gasteiger partial charge on any atom is -0.317 e. The van der Waals surface area contributed by atoms with E-state index < -0.39 is 0 Å². The molecule has 0 heterocycles. The van der Waals surface area contributed by atoms with E-state index in [0.717, 1.165) is 45.2 Å². The van der Waals surface area contributed by atoms with Gasteiger partial charge >= 0.3 is 0 Å². The fourth-order valence-electron chi connectivity index (χ4n) is 6.16. The Balaban J connectivity index is 4.02. The normalized spacial score (nSPS) is 11.5. The largest absolute Gasteiger partial charge is 0.317 e. The summed E-state index contributed by atoms with van der Waals surface area (Å²) in [4.78, 5) is 26.2. The van der Waals surface area contributed by atoms with Crippen LogP contribution in [0, 0.1) is 5.92 Å². The summed E-state index contributed by atoms with van der Waals surface area (Å²) in [6.45, 7) is 8.54. The van der Waals surface area contributed by atoms with Crippen molar-refractivity contribution in [3.8, 4) is 0 Å². The predicted molar refractivity (Wildman–Crippen MR) is 187 cm³/mol. The van der Waals surface area contributed by atoms with Crippen LogP contribution in [0.1, 0.15) is 220 Å². The zero-order chi connectivity index (χ0) is 30.8. The van der Waals surface area contributed by atoms with Crippen molar-refractivity contribution in [1.29, 1.82) is 0 Å². The highest BCUT2D eigenvalue weighted by Gasteiger charge is 2.24. The second-order valence-corrected chi connectivity index (χ2v) is 13.4. The summed E-state index contributed by atoms with van der Waals surface area (Å²) in [5, 5.41) is 3.46. The molecule has 3 heteroatoms. The molecule has 0 radical (unpaired) electrons. The number of carbonyl (C=O) groups excluding carboxylic acids is 2. The zero-order valence-electron chi connectivity index (χ0n) is 29.2. The van der Waals surface area contributed by atoms with Gasteiger partial charge in [0.25, 0.3) is 0 Å². The monoisotopic (exact) mass is 592 g/mol. The number of hydrogen-bond donors (Lipinski definition) is 1. The minimum atomic E-state index is -0.367. The van der Waals surface area contributed by atoms with Crippen molar-refractivity contribution in [2.24, 2.45) is 5.92 Å². The molecule has 0 rings (SSSR count). The van der Waals surface area contributed by atoms with Crippen molar-refractivity contribution >= 4 is 11.6 Å². The number of rotatable bonds is 36. The summed E-state index contributed by atoms with van der Waals surface area (Å²) in [7, 11) is 0. The van der Waals surface area contributed by atoms with Crippen molar-refractivity contribution in [3.05, 3.63) is 0 Å². The van der Waals surface area contributed by atoms with Gasteiger partial charge in [0, 0.05) is 12.8 Å². The Kier molecular flexibility index (Phi) is 34.2. The maximum absolute atomic E-state index is 13.1. The lowest BCUT2D eigenvalue weighted by molar-refractivity contribution is -0.133. The molecule has 0 aromatic rings. The maximum Gasteiger partial charge on any atom is 0.143 e. The van der Waals surface area contributed by atoms with Crippen LogP contribution in [-0.4, -0.2) is 24.7 Å². The van der Waals surface area contributed by atoms with Crippen molar-refractivity contribution in [2.75, 3.05) is 13.1 Å². The fourth-order valence-corrected chi connectivity index (χ4v) is 6.16. The first-order valence-electron chi connectivity index (χ1n) is 19.4. The van der Waals surface area contributed by atoms with Crippen molar-refractivity contribution < 1.29 is 9.59 Å². The van der Waals surface area contributed by atoms with E-state index >= 15 is 0 Å². The first-order valence-corrected chi connectivity index (χ1v) is 19.4. The van der Waals surface area contributed by atoms with E-state index in [9.17, 15) is 9.59 Å². The Labute approximate surface area is 264 Å². The van der Waals surface area contributed by atoms with Crippen molar-refractivity contribution in [1.82, 2.24) is 5.32 Å². The van der Waals surface area contributed by atoms with Gasteiger partial charge in [-0.2, -0.15) is 0 Å². The fraction of sp³-hybridized carbons (Fsp3) is 0.949. The van der Waals surface area contributed by atoms with E-state index in [1.807, 2.05) is 0 Å². The van der Waals surface area contributed by atoms with Crippen LogP contribution in [0.3, 0.4) is 0 Å². The molecule has 0 bridgehead atoms. The number of Topliss-reactive ketones (excluding diaryl/α,β-unsaturated/α-hetero) is 2. The van der Waals surface area contributed by atoms with E-state index in [1.54, 1.807) is 0 Å². The van der Waals surface area contributed by atoms with Crippen LogP contribution in [0.25, 0.3) is 0 Å². The van der Waals surface area contributed by atoms with Gasteiger partial charge in [-0.1, -0.05) is 181 Å². The van der Waals surface area contributed by atoms with Gasteiger partial charge in [0.2, 0.25) is 0 Å². The molecule has 0 aromatic carbocycles. The molecule has 0 fully saturated rings. The molecule has 250 valence electrons. The van der Waals surface area contributed by atoms with Gasteiger partial charge in [0.15, 0.2) is 0 Å².